The quantitative estimate of drug-likeness (QED) is 0.0627. The summed E-state index contributed by atoms with van der Waals surface area (Å²) in [5.74, 6) is 0. The van der Waals surface area contributed by atoms with Gasteiger partial charge in [-0.15, -0.1) is 0 Å². The van der Waals surface area contributed by atoms with Gasteiger partial charge in [0.05, 0.1) is 0 Å². The van der Waals surface area contributed by atoms with Gasteiger partial charge in [-0.2, -0.15) is 0 Å². The lowest BCUT2D eigenvalue weighted by molar-refractivity contribution is 0.545. The fourth-order valence-corrected chi connectivity index (χ4v) is 7.77. The van der Waals surface area contributed by atoms with Gasteiger partial charge in [0.15, 0.2) is 0 Å². The van der Waals surface area contributed by atoms with Gasteiger partial charge in [0.1, 0.15) is 0 Å². The molecule has 0 radical (unpaired) electrons. The van der Waals surface area contributed by atoms with Crippen LogP contribution in [0, 0.1) is 0 Å². The molecule has 1 aromatic rings. The van der Waals surface area contributed by atoms with E-state index in [2.05, 4.69) is 39.8 Å². The molecule has 0 aromatic heterocycles. The zero-order chi connectivity index (χ0) is 33.9. The fraction of sp³-hybridized carbons (Fsp3) is 0.872. The first-order chi connectivity index (χ1) is 23.3. The third kappa shape index (κ3) is 26.7. The molecule has 1 rings (SSSR count). The van der Waals surface area contributed by atoms with Crippen molar-refractivity contribution < 1.29 is 0 Å². The van der Waals surface area contributed by atoms with Gasteiger partial charge < -0.3 is 0 Å². The maximum absolute atomic E-state index is 2.63. The molecule has 0 N–H and O–H groups in total. The number of benzene rings is 1. The summed E-state index contributed by atoms with van der Waals surface area (Å²) in [6.07, 6.45) is 52.7. The van der Waals surface area contributed by atoms with Crippen LogP contribution in [0.25, 0.3) is 0 Å². The van der Waals surface area contributed by atoms with Crippen molar-refractivity contribution in [1.29, 1.82) is 0 Å². The van der Waals surface area contributed by atoms with Crippen molar-refractivity contribution in [3.05, 3.63) is 34.4 Å². The molecule has 0 aliphatic carbocycles. The minimum absolute atomic E-state index is 1.19. The van der Waals surface area contributed by atoms with Crippen LogP contribution in [-0.4, -0.2) is 0 Å². The molecule has 0 heterocycles. The number of hydrogen-bond donors (Lipinski definition) is 0. The molecule has 276 valence electrons. The zero-order valence-electron chi connectivity index (χ0n) is 33.3. The maximum Gasteiger partial charge on any atom is -0.0273 e. The van der Waals surface area contributed by atoms with Gasteiger partial charge in [-0.05, 0) is 67.2 Å². The number of aryl methyl sites for hydroxylation is 3. The molecular formula is C47H88. The van der Waals surface area contributed by atoms with E-state index in [-0.39, 0.29) is 0 Å². The smallest absolute Gasteiger partial charge is 0.0273 e. The Hall–Kier alpha value is -0.780. The van der Waals surface area contributed by atoms with Crippen molar-refractivity contribution >= 4 is 0 Å². The highest BCUT2D eigenvalue weighted by atomic mass is 14.2. The van der Waals surface area contributed by atoms with Crippen molar-refractivity contribution in [3.63, 3.8) is 0 Å². The molecule has 47 heavy (non-hydrogen) atoms. The zero-order valence-corrected chi connectivity index (χ0v) is 33.3. The molecule has 0 nitrogen and oxygen atoms in total. The van der Waals surface area contributed by atoms with Crippen LogP contribution < -0.4 is 0 Å². The summed E-state index contributed by atoms with van der Waals surface area (Å²) >= 11 is 0. The minimum Gasteiger partial charge on any atom is -0.0654 e. The van der Waals surface area contributed by atoms with E-state index in [0.717, 1.165) is 0 Å². The van der Waals surface area contributed by atoms with Gasteiger partial charge >= 0.3 is 0 Å². The minimum atomic E-state index is 1.19. The van der Waals surface area contributed by atoms with Crippen molar-refractivity contribution in [2.75, 3.05) is 0 Å². The third-order valence-corrected chi connectivity index (χ3v) is 11.0. The number of unbranched alkanes of at least 4 members (excludes halogenated alkanes) is 30. The average molecular weight is 653 g/mol. The van der Waals surface area contributed by atoms with Gasteiger partial charge in [-0.25, -0.2) is 0 Å². The van der Waals surface area contributed by atoms with Crippen LogP contribution in [0.1, 0.15) is 262 Å². The summed E-state index contributed by atoms with van der Waals surface area (Å²) in [7, 11) is 0. The highest BCUT2D eigenvalue weighted by molar-refractivity contribution is 5.40. The first kappa shape index (κ1) is 44.2. The highest BCUT2D eigenvalue weighted by Crippen LogP contribution is 2.26. The summed E-state index contributed by atoms with van der Waals surface area (Å²) in [4.78, 5) is 0. The van der Waals surface area contributed by atoms with Crippen LogP contribution in [0.4, 0.5) is 0 Å². The number of hydrogen-bond acceptors (Lipinski definition) is 0. The topological polar surface area (TPSA) is 0 Å². The lowest BCUT2D eigenvalue weighted by atomic mass is 9.87. The van der Waals surface area contributed by atoms with Crippen LogP contribution in [0.15, 0.2) is 12.1 Å². The van der Waals surface area contributed by atoms with E-state index < -0.39 is 0 Å². The second kappa shape index (κ2) is 35.1. The maximum atomic E-state index is 2.63. The Morgan fingerprint density at radius 2 is 0.511 bits per heavy atom. The molecule has 0 heteroatoms. The van der Waals surface area contributed by atoms with Gasteiger partial charge in [-0.1, -0.05) is 232 Å². The fourth-order valence-electron chi connectivity index (χ4n) is 7.77. The molecule has 0 atom stereocenters. The Labute approximate surface area is 298 Å². The van der Waals surface area contributed by atoms with E-state index in [1.807, 2.05) is 0 Å². The molecular weight excluding hydrogens is 565 g/mol. The van der Waals surface area contributed by atoms with E-state index in [1.165, 1.54) is 238 Å². The Balaban J connectivity index is 2.54. The molecule has 0 unspecified atom stereocenters. The molecule has 0 aliphatic heterocycles. The van der Waals surface area contributed by atoms with Crippen LogP contribution in [0.5, 0.6) is 0 Å². The van der Waals surface area contributed by atoms with Gasteiger partial charge in [0, 0.05) is 0 Å². The Kier molecular flexibility index (Phi) is 33.0. The molecule has 0 saturated carbocycles. The largest absolute Gasteiger partial charge is 0.0654 e. The van der Waals surface area contributed by atoms with E-state index >= 15 is 0 Å². The van der Waals surface area contributed by atoms with Gasteiger partial charge in [0.2, 0.25) is 0 Å². The molecule has 0 bridgehead atoms. The van der Waals surface area contributed by atoms with Gasteiger partial charge in [-0.3, -0.25) is 0 Å². The van der Waals surface area contributed by atoms with Crippen LogP contribution in [0.2, 0.25) is 0 Å². The van der Waals surface area contributed by atoms with Crippen molar-refractivity contribution in [2.45, 2.75) is 265 Å². The molecule has 0 amide bonds. The summed E-state index contributed by atoms with van der Waals surface area (Å²) in [6, 6.07) is 5.27. The van der Waals surface area contributed by atoms with Crippen LogP contribution >= 0.6 is 0 Å². The molecule has 0 saturated heterocycles. The van der Waals surface area contributed by atoms with E-state index in [9.17, 15) is 0 Å². The number of rotatable bonds is 37. The predicted molar refractivity (Wildman–Crippen MR) is 216 cm³/mol. The summed E-state index contributed by atoms with van der Waals surface area (Å²) < 4.78 is 0. The summed E-state index contributed by atoms with van der Waals surface area (Å²) in [5.41, 5.74) is 6.87. The first-order valence-electron chi connectivity index (χ1n) is 22.4. The summed E-state index contributed by atoms with van der Waals surface area (Å²) in [5, 5.41) is 0. The second-order valence-electron chi connectivity index (χ2n) is 15.6. The second-order valence-corrected chi connectivity index (χ2v) is 15.6. The monoisotopic (exact) mass is 653 g/mol. The van der Waals surface area contributed by atoms with Gasteiger partial charge in [0.25, 0.3) is 0 Å². The SMILES string of the molecule is CCCCCCCCCCCCCc1cc(CC)cc(CCCCCCCCCCCCC)c1CCCCCCCCCCCCC. The lowest BCUT2D eigenvalue weighted by Gasteiger charge is -2.18. The summed E-state index contributed by atoms with van der Waals surface area (Å²) in [6.45, 7) is 9.33. The molecule has 1 aromatic carbocycles. The Bertz CT molecular complexity index is 712. The van der Waals surface area contributed by atoms with E-state index in [4.69, 9.17) is 0 Å². The van der Waals surface area contributed by atoms with E-state index in [1.54, 1.807) is 22.3 Å². The van der Waals surface area contributed by atoms with Crippen molar-refractivity contribution in [1.82, 2.24) is 0 Å². The first-order valence-corrected chi connectivity index (χ1v) is 22.4. The predicted octanol–water partition coefficient (Wildman–Crippen LogP) is 16.8. The standard InChI is InChI=1S/C47H88/c1-5-9-12-15-18-21-24-27-30-33-36-39-45-42-44(8-4)43-46(40-37-34-31-28-25-22-19-16-13-10-6-2)47(45)41-38-35-32-29-26-23-20-17-14-11-7-3/h42-43H,5-41H2,1-4H3. The van der Waals surface area contributed by atoms with E-state index in [0.29, 0.717) is 0 Å². The van der Waals surface area contributed by atoms with Crippen molar-refractivity contribution in [2.24, 2.45) is 0 Å². The molecule has 0 fully saturated rings. The average Bonchev–Trinajstić information content (AvgIpc) is 3.09. The highest BCUT2D eigenvalue weighted by Gasteiger charge is 2.11. The Morgan fingerprint density at radius 1 is 0.277 bits per heavy atom. The molecule has 0 spiro atoms. The van der Waals surface area contributed by atoms with Crippen molar-refractivity contribution in [3.8, 4) is 0 Å². The third-order valence-electron chi connectivity index (χ3n) is 11.0. The Morgan fingerprint density at radius 3 is 0.766 bits per heavy atom. The lowest BCUT2D eigenvalue weighted by Crippen LogP contribution is -2.04. The van der Waals surface area contributed by atoms with Crippen LogP contribution in [-0.2, 0) is 25.7 Å². The normalized spacial score (nSPS) is 11.6. The molecule has 0 aliphatic rings. The van der Waals surface area contributed by atoms with Crippen LogP contribution in [0.3, 0.4) is 0 Å².